The quantitative estimate of drug-likeness (QED) is 0.762. The molecule has 0 unspecified atom stereocenters. The van der Waals surface area contributed by atoms with Gasteiger partial charge < -0.3 is 5.32 Å². The number of benzene rings is 2. The van der Waals surface area contributed by atoms with Crippen LogP contribution in [0.4, 0.5) is 5.69 Å². The van der Waals surface area contributed by atoms with E-state index >= 15 is 0 Å². The minimum Gasteiger partial charge on any atom is -0.326 e. The summed E-state index contributed by atoms with van der Waals surface area (Å²) < 4.78 is 0. The summed E-state index contributed by atoms with van der Waals surface area (Å²) in [5.41, 5.74) is 3.09. The van der Waals surface area contributed by atoms with Gasteiger partial charge in [-0.2, -0.15) is 0 Å². The predicted molar refractivity (Wildman–Crippen MR) is 81.5 cm³/mol. The number of rotatable bonds is 2. The van der Waals surface area contributed by atoms with Crippen LogP contribution < -0.4 is 5.32 Å². The second kappa shape index (κ2) is 5.13. The predicted octanol–water partition coefficient (Wildman–Crippen LogP) is 3.86. The van der Waals surface area contributed by atoms with E-state index in [0.29, 0.717) is 0 Å². The lowest BCUT2D eigenvalue weighted by molar-refractivity contribution is -0.114. The van der Waals surface area contributed by atoms with Crippen molar-refractivity contribution in [3.63, 3.8) is 0 Å². The number of nitrogens with zero attached hydrogens (tertiary/aromatic N) is 1. The summed E-state index contributed by atoms with van der Waals surface area (Å²) in [6.45, 7) is 1.52. The first-order valence-corrected chi connectivity index (χ1v) is 6.45. The van der Waals surface area contributed by atoms with E-state index < -0.39 is 0 Å². The monoisotopic (exact) mass is 262 g/mol. The van der Waals surface area contributed by atoms with Gasteiger partial charge in [0, 0.05) is 30.4 Å². The van der Waals surface area contributed by atoms with Gasteiger partial charge in [-0.25, -0.2) is 0 Å². The molecule has 1 N–H and O–H groups in total. The lowest BCUT2D eigenvalue weighted by Gasteiger charge is -2.11. The molecule has 0 fully saturated rings. The van der Waals surface area contributed by atoms with Gasteiger partial charge in [-0.05, 0) is 34.7 Å². The topological polar surface area (TPSA) is 42.0 Å². The van der Waals surface area contributed by atoms with Crippen LogP contribution in [-0.2, 0) is 4.79 Å². The molecule has 0 aliphatic carbocycles. The van der Waals surface area contributed by atoms with Gasteiger partial charge in [-0.15, -0.1) is 0 Å². The highest BCUT2D eigenvalue weighted by molar-refractivity contribution is 6.06. The SMILES string of the molecule is CC(=O)Nc1cccc2c(-c3ccncc3)cccc12. The van der Waals surface area contributed by atoms with Crippen molar-refractivity contribution >= 4 is 22.4 Å². The Hall–Kier alpha value is -2.68. The van der Waals surface area contributed by atoms with Crippen molar-refractivity contribution < 1.29 is 4.79 Å². The molecule has 0 radical (unpaired) electrons. The number of aromatic nitrogens is 1. The maximum Gasteiger partial charge on any atom is 0.221 e. The van der Waals surface area contributed by atoms with E-state index in [9.17, 15) is 4.79 Å². The molecule has 3 rings (SSSR count). The van der Waals surface area contributed by atoms with E-state index in [-0.39, 0.29) is 5.91 Å². The van der Waals surface area contributed by atoms with Gasteiger partial charge >= 0.3 is 0 Å². The molecule has 3 nitrogen and oxygen atoms in total. The number of nitrogens with one attached hydrogen (secondary N) is 1. The molecule has 1 aromatic heterocycles. The lowest BCUT2D eigenvalue weighted by atomic mass is 9.98. The Labute approximate surface area is 117 Å². The van der Waals surface area contributed by atoms with Crippen LogP contribution in [0.3, 0.4) is 0 Å². The van der Waals surface area contributed by atoms with Crippen LogP contribution in [0, 0.1) is 0 Å². The first kappa shape index (κ1) is 12.4. The Kier molecular flexibility index (Phi) is 3.17. The van der Waals surface area contributed by atoms with E-state index in [4.69, 9.17) is 0 Å². The third-order valence-electron chi connectivity index (χ3n) is 3.22. The van der Waals surface area contributed by atoms with Gasteiger partial charge in [-0.1, -0.05) is 30.3 Å². The van der Waals surface area contributed by atoms with Crippen molar-refractivity contribution in [1.29, 1.82) is 0 Å². The van der Waals surface area contributed by atoms with E-state index in [1.807, 2.05) is 36.4 Å². The van der Waals surface area contributed by atoms with Gasteiger partial charge in [0.25, 0.3) is 0 Å². The van der Waals surface area contributed by atoms with Crippen LogP contribution in [0.1, 0.15) is 6.92 Å². The minimum atomic E-state index is -0.0631. The summed E-state index contributed by atoms with van der Waals surface area (Å²) in [4.78, 5) is 15.3. The minimum absolute atomic E-state index is 0.0631. The highest BCUT2D eigenvalue weighted by Gasteiger charge is 2.07. The van der Waals surface area contributed by atoms with Crippen LogP contribution in [0.2, 0.25) is 0 Å². The third kappa shape index (κ3) is 2.26. The molecule has 98 valence electrons. The molecule has 20 heavy (non-hydrogen) atoms. The summed E-state index contributed by atoms with van der Waals surface area (Å²) in [7, 11) is 0. The van der Waals surface area contributed by atoms with Crippen LogP contribution in [-0.4, -0.2) is 10.9 Å². The van der Waals surface area contributed by atoms with E-state index in [2.05, 4.69) is 22.4 Å². The number of pyridine rings is 1. The second-order valence-electron chi connectivity index (χ2n) is 4.62. The molecule has 0 aliphatic rings. The average molecular weight is 262 g/mol. The van der Waals surface area contributed by atoms with Crippen LogP contribution in [0.25, 0.3) is 21.9 Å². The Morgan fingerprint density at radius 2 is 1.65 bits per heavy atom. The Bertz CT molecular complexity index is 766. The first-order chi connectivity index (χ1) is 9.75. The molecule has 3 aromatic rings. The molecular weight excluding hydrogens is 248 g/mol. The number of amides is 1. The van der Waals surface area contributed by atoms with Gasteiger partial charge in [-0.3, -0.25) is 9.78 Å². The number of carbonyl (C=O) groups is 1. The number of hydrogen-bond donors (Lipinski definition) is 1. The summed E-state index contributed by atoms with van der Waals surface area (Å²) in [6, 6.07) is 16.0. The fraction of sp³-hybridized carbons (Fsp3) is 0.0588. The maximum absolute atomic E-state index is 11.3. The number of carbonyl (C=O) groups excluding carboxylic acids is 1. The number of fused-ring (bicyclic) bond motifs is 1. The lowest BCUT2D eigenvalue weighted by Crippen LogP contribution is -2.06. The smallest absolute Gasteiger partial charge is 0.221 e. The van der Waals surface area contributed by atoms with E-state index in [1.165, 1.54) is 6.92 Å². The molecule has 2 aromatic carbocycles. The Balaban J connectivity index is 2.23. The Morgan fingerprint density at radius 3 is 2.40 bits per heavy atom. The van der Waals surface area contributed by atoms with Crippen molar-refractivity contribution in [3.05, 3.63) is 60.9 Å². The molecule has 0 saturated heterocycles. The van der Waals surface area contributed by atoms with Crippen LogP contribution in [0.5, 0.6) is 0 Å². The van der Waals surface area contributed by atoms with Crippen molar-refractivity contribution in [2.45, 2.75) is 6.92 Å². The summed E-state index contributed by atoms with van der Waals surface area (Å²) in [5, 5.41) is 5.03. The normalized spacial score (nSPS) is 10.4. The largest absolute Gasteiger partial charge is 0.326 e. The molecule has 1 amide bonds. The standard InChI is InChI=1S/C17H14N2O/c1-12(20)19-17-7-3-5-15-14(4-2-6-16(15)17)13-8-10-18-11-9-13/h2-11H,1H3,(H,19,20). The molecule has 0 atom stereocenters. The van der Waals surface area contributed by atoms with Crippen molar-refractivity contribution in [2.75, 3.05) is 5.32 Å². The molecule has 3 heteroatoms. The van der Waals surface area contributed by atoms with Crippen molar-refractivity contribution in [1.82, 2.24) is 4.98 Å². The van der Waals surface area contributed by atoms with Crippen LogP contribution in [0.15, 0.2) is 60.9 Å². The fourth-order valence-corrected chi connectivity index (χ4v) is 2.39. The number of anilines is 1. The van der Waals surface area contributed by atoms with Gasteiger partial charge in [0.1, 0.15) is 0 Å². The third-order valence-corrected chi connectivity index (χ3v) is 3.22. The average Bonchev–Trinajstić information content (AvgIpc) is 2.47. The first-order valence-electron chi connectivity index (χ1n) is 6.45. The maximum atomic E-state index is 11.3. The molecule has 0 spiro atoms. The molecule has 0 aliphatic heterocycles. The zero-order valence-corrected chi connectivity index (χ0v) is 11.1. The fourth-order valence-electron chi connectivity index (χ4n) is 2.39. The molecular formula is C17H14N2O. The van der Waals surface area contributed by atoms with Gasteiger partial charge in [0.2, 0.25) is 5.91 Å². The number of hydrogen-bond acceptors (Lipinski definition) is 2. The van der Waals surface area contributed by atoms with E-state index in [0.717, 1.165) is 27.6 Å². The van der Waals surface area contributed by atoms with Crippen LogP contribution >= 0.6 is 0 Å². The zero-order valence-electron chi connectivity index (χ0n) is 11.1. The van der Waals surface area contributed by atoms with Gasteiger partial charge in [0.05, 0.1) is 0 Å². The highest BCUT2D eigenvalue weighted by Crippen LogP contribution is 2.32. The van der Waals surface area contributed by atoms with Gasteiger partial charge in [0.15, 0.2) is 0 Å². The molecule has 1 heterocycles. The van der Waals surface area contributed by atoms with Crippen molar-refractivity contribution in [2.24, 2.45) is 0 Å². The molecule has 0 saturated carbocycles. The summed E-state index contributed by atoms with van der Waals surface area (Å²) >= 11 is 0. The Morgan fingerprint density at radius 1 is 0.950 bits per heavy atom. The molecule has 0 bridgehead atoms. The summed E-state index contributed by atoms with van der Waals surface area (Å²) in [6.07, 6.45) is 3.57. The summed E-state index contributed by atoms with van der Waals surface area (Å²) in [5.74, 6) is -0.0631. The van der Waals surface area contributed by atoms with Crippen molar-refractivity contribution in [3.8, 4) is 11.1 Å². The second-order valence-corrected chi connectivity index (χ2v) is 4.62. The zero-order chi connectivity index (χ0) is 13.9. The van der Waals surface area contributed by atoms with E-state index in [1.54, 1.807) is 12.4 Å². The highest BCUT2D eigenvalue weighted by atomic mass is 16.1.